The molecule has 2 atom stereocenters. The van der Waals surface area contributed by atoms with Crippen LogP contribution in [0.4, 0.5) is 0 Å². The van der Waals surface area contributed by atoms with Crippen molar-refractivity contribution in [2.24, 2.45) is 0 Å². The number of hydrogen-bond acceptors (Lipinski definition) is 3. The second-order valence-electron chi connectivity index (χ2n) is 4.76. The van der Waals surface area contributed by atoms with E-state index in [-0.39, 0.29) is 0 Å². The van der Waals surface area contributed by atoms with Crippen LogP contribution in [0, 0.1) is 0 Å². The molecule has 14 heavy (non-hydrogen) atoms. The molecule has 1 saturated heterocycles. The minimum atomic E-state index is 0.341. The molecule has 1 fully saturated rings. The van der Waals surface area contributed by atoms with Crippen LogP contribution in [0.5, 0.6) is 0 Å². The topological polar surface area (TPSA) is 15.7 Å². The van der Waals surface area contributed by atoms with Gasteiger partial charge in [0.05, 0.1) is 12.7 Å². The number of hydrogen-bond donors (Lipinski definition) is 0. The lowest BCUT2D eigenvalue weighted by Crippen LogP contribution is -2.56. The number of piperazine rings is 1. The summed E-state index contributed by atoms with van der Waals surface area (Å²) in [6.07, 6.45) is 0.341. The van der Waals surface area contributed by atoms with Crippen LogP contribution in [-0.2, 0) is 4.74 Å². The lowest BCUT2D eigenvalue weighted by molar-refractivity contribution is -0.00996. The Labute approximate surface area is 88.0 Å². The summed E-state index contributed by atoms with van der Waals surface area (Å²) in [5, 5.41) is 0. The first-order valence-corrected chi connectivity index (χ1v) is 5.52. The normalized spacial score (nSPS) is 31.3. The first kappa shape index (κ1) is 12.0. The molecule has 1 aliphatic heterocycles. The van der Waals surface area contributed by atoms with Gasteiger partial charge in [0, 0.05) is 25.2 Å². The van der Waals surface area contributed by atoms with Gasteiger partial charge >= 0.3 is 0 Å². The molecule has 0 aromatic rings. The van der Waals surface area contributed by atoms with E-state index < -0.39 is 0 Å². The van der Waals surface area contributed by atoms with Crippen molar-refractivity contribution in [2.75, 3.05) is 33.8 Å². The average molecular weight is 200 g/mol. The quantitative estimate of drug-likeness (QED) is 0.677. The highest BCUT2D eigenvalue weighted by Gasteiger charge is 2.26. The smallest absolute Gasteiger partial charge is 0.0637 e. The van der Waals surface area contributed by atoms with E-state index in [0.29, 0.717) is 18.2 Å². The Morgan fingerprint density at radius 2 is 1.86 bits per heavy atom. The predicted molar refractivity (Wildman–Crippen MR) is 59.6 cm³/mol. The summed E-state index contributed by atoms with van der Waals surface area (Å²) in [6, 6.07) is 1.22. The summed E-state index contributed by atoms with van der Waals surface area (Å²) >= 11 is 0. The Morgan fingerprint density at radius 1 is 1.21 bits per heavy atom. The molecule has 84 valence electrons. The molecule has 0 aromatic carbocycles. The monoisotopic (exact) mass is 200 g/mol. The Bertz CT molecular complexity index is 173. The van der Waals surface area contributed by atoms with E-state index in [2.05, 4.69) is 44.7 Å². The Morgan fingerprint density at radius 3 is 2.43 bits per heavy atom. The van der Waals surface area contributed by atoms with Gasteiger partial charge in [-0.2, -0.15) is 0 Å². The summed E-state index contributed by atoms with van der Waals surface area (Å²) in [5.41, 5.74) is 0. The first-order valence-electron chi connectivity index (χ1n) is 5.52. The maximum atomic E-state index is 5.67. The molecular formula is C11H24N2O. The molecule has 0 radical (unpaired) electrons. The molecule has 1 rings (SSSR count). The van der Waals surface area contributed by atoms with Crippen LogP contribution in [-0.4, -0.2) is 61.8 Å². The van der Waals surface area contributed by atoms with Gasteiger partial charge in [-0.25, -0.2) is 0 Å². The van der Waals surface area contributed by atoms with Crippen LogP contribution >= 0.6 is 0 Å². The highest BCUT2D eigenvalue weighted by atomic mass is 16.5. The van der Waals surface area contributed by atoms with Gasteiger partial charge in [-0.3, -0.25) is 4.90 Å². The summed E-state index contributed by atoms with van der Waals surface area (Å²) in [7, 11) is 4.39. The van der Waals surface area contributed by atoms with Crippen molar-refractivity contribution >= 4 is 0 Å². The van der Waals surface area contributed by atoms with Gasteiger partial charge in [0.2, 0.25) is 0 Å². The van der Waals surface area contributed by atoms with Crippen molar-refractivity contribution in [3.05, 3.63) is 0 Å². The number of rotatable bonds is 3. The molecule has 0 spiro atoms. The van der Waals surface area contributed by atoms with E-state index in [4.69, 9.17) is 4.74 Å². The van der Waals surface area contributed by atoms with E-state index in [1.54, 1.807) is 0 Å². The zero-order valence-corrected chi connectivity index (χ0v) is 10.2. The van der Waals surface area contributed by atoms with E-state index in [1.807, 2.05) is 0 Å². The first-order chi connectivity index (χ1) is 6.50. The maximum Gasteiger partial charge on any atom is 0.0637 e. The van der Waals surface area contributed by atoms with Gasteiger partial charge in [-0.05, 0) is 34.9 Å². The zero-order chi connectivity index (χ0) is 10.7. The summed E-state index contributed by atoms with van der Waals surface area (Å²) in [6.45, 7) is 9.57. The lowest BCUT2D eigenvalue weighted by atomic mass is 10.1. The van der Waals surface area contributed by atoms with Crippen molar-refractivity contribution < 1.29 is 4.74 Å². The average Bonchev–Trinajstić information content (AvgIpc) is 2.09. The molecular weight excluding hydrogens is 176 g/mol. The molecule has 0 aromatic heterocycles. The van der Waals surface area contributed by atoms with Crippen LogP contribution in [0.25, 0.3) is 0 Å². The Hall–Kier alpha value is -0.120. The molecule has 0 amide bonds. The van der Waals surface area contributed by atoms with Crippen molar-refractivity contribution in [1.29, 1.82) is 0 Å². The largest absolute Gasteiger partial charge is 0.377 e. The highest BCUT2D eigenvalue weighted by Crippen LogP contribution is 2.12. The third-order valence-corrected chi connectivity index (χ3v) is 3.05. The SMILES string of the molecule is CC(C)OCC1CN(C)C(C)CN1C. The van der Waals surface area contributed by atoms with Crippen molar-refractivity contribution in [2.45, 2.75) is 39.0 Å². The van der Waals surface area contributed by atoms with Gasteiger partial charge in [0.15, 0.2) is 0 Å². The molecule has 0 saturated carbocycles. The van der Waals surface area contributed by atoms with E-state index in [9.17, 15) is 0 Å². The summed E-state index contributed by atoms with van der Waals surface area (Å²) in [4.78, 5) is 4.82. The van der Waals surface area contributed by atoms with Gasteiger partial charge in [0.25, 0.3) is 0 Å². The second kappa shape index (κ2) is 5.10. The van der Waals surface area contributed by atoms with Crippen molar-refractivity contribution in [3.63, 3.8) is 0 Å². The summed E-state index contributed by atoms with van der Waals surface area (Å²) in [5.74, 6) is 0. The minimum absolute atomic E-state index is 0.341. The molecule has 1 aliphatic rings. The molecule has 0 aliphatic carbocycles. The summed E-state index contributed by atoms with van der Waals surface area (Å²) < 4.78 is 5.67. The molecule has 2 unspecified atom stereocenters. The Kier molecular flexibility index (Phi) is 4.35. The standard InChI is InChI=1S/C11H24N2O/c1-9(2)14-8-11-7-12(4)10(3)6-13(11)5/h9-11H,6-8H2,1-5H3. The molecule has 3 heteroatoms. The van der Waals surface area contributed by atoms with E-state index in [1.165, 1.54) is 0 Å². The van der Waals surface area contributed by atoms with Crippen LogP contribution in [0.15, 0.2) is 0 Å². The van der Waals surface area contributed by atoms with E-state index >= 15 is 0 Å². The molecule has 0 bridgehead atoms. The van der Waals surface area contributed by atoms with Gasteiger partial charge < -0.3 is 9.64 Å². The van der Waals surface area contributed by atoms with Crippen molar-refractivity contribution in [1.82, 2.24) is 9.80 Å². The Balaban J connectivity index is 2.37. The fraction of sp³-hybridized carbons (Fsp3) is 1.00. The molecule has 0 N–H and O–H groups in total. The predicted octanol–water partition coefficient (Wildman–Crippen LogP) is 1.05. The third-order valence-electron chi connectivity index (χ3n) is 3.05. The molecule has 3 nitrogen and oxygen atoms in total. The second-order valence-corrected chi connectivity index (χ2v) is 4.76. The fourth-order valence-corrected chi connectivity index (χ4v) is 1.84. The van der Waals surface area contributed by atoms with E-state index in [0.717, 1.165) is 19.7 Å². The van der Waals surface area contributed by atoms with Gasteiger partial charge in [0.1, 0.15) is 0 Å². The van der Waals surface area contributed by atoms with Crippen LogP contribution in [0.1, 0.15) is 20.8 Å². The van der Waals surface area contributed by atoms with Crippen molar-refractivity contribution in [3.8, 4) is 0 Å². The number of likely N-dealkylation sites (N-methyl/N-ethyl adjacent to an activating group) is 2. The highest BCUT2D eigenvalue weighted by molar-refractivity contribution is 4.83. The van der Waals surface area contributed by atoms with Gasteiger partial charge in [-0.1, -0.05) is 0 Å². The zero-order valence-electron chi connectivity index (χ0n) is 10.2. The van der Waals surface area contributed by atoms with Crippen LogP contribution in [0.3, 0.4) is 0 Å². The molecule has 1 heterocycles. The minimum Gasteiger partial charge on any atom is -0.377 e. The fourth-order valence-electron chi connectivity index (χ4n) is 1.84. The third kappa shape index (κ3) is 3.23. The van der Waals surface area contributed by atoms with Gasteiger partial charge in [-0.15, -0.1) is 0 Å². The number of ether oxygens (including phenoxy) is 1. The van der Waals surface area contributed by atoms with Crippen LogP contribution in [0.2, 0.25) is 0 Å². The maximum absolute atomic E-state index is 5.67. The van der Waals surface area contributed by atoms with Crippen LogP contribution < -0.4 is 0 Å². The number of nitrogens with zero attached hydrogens (tertiary/aromatic N) is 2. The lowest BCUT2D eigenvalue weighted by Gasteiger charge is -2.42.